The predicted octanol–water partition coefficient (Wildman–Crippen LogP) is 10.00. The van der Waals surface area contributed by atoms with Gasteiger partial charge in [0.05, 0.1) is 0 Å². The van der Waals surface area contributed by atoms with Gasteiger partial charge in [0.15, 0.2) is 0 Å². The van der Waals surface area contributed by atoms with Crippen LogP contribution in [0.25, 0.3) is 28.3 Å². The summed E-state index contributed by atoms with van der Waals surface area (Å²) in [5, 5.41) is 0. The fraction of sp³-hybridized carbons (Fsp3) is 0.0286. The molecule has 0 aliphatic heterocycles. The molecule has 5 aromatic carbocycles. The lowest BCUT2D eigenvalue weighted by atomic mass is 9.90. The second-order valence-corrected chi connectivity index (χ2v) is 8.77. The minimum absolute atomic E-state index is 1.12. The summed E-state index contributed by atoms with van der Waals surface area (Å²) in [6.07, 6.45) is 5.94. The normalized spacial score (nSPS) is 10.9. The van der Waals surface area contributed by atoms with Gasteiger partial charge in [-0.3, -0.25) is 0 Å². The molecule has 5 aromatic rings. The molecule has 0 amide bonds. The van der Waals surface area contributed by atoms with E-state index in [4.69, 9.17) is 0 Å². The van der Waals surface area contributed by atoms with E-state index in [1.807, 2.05) is 12.2 Å². The zero-order chi connectivity index (χ0) is 24.7. The summed E-state index contributed by atoms with van der Waals surface area (Å²) in [7, 11) is 0. The second kappa shape index (κ2) is 10.8. The molecule has 0 fully saturated rings. The van der Waals surface area contributed by atoms with Gasteiger partial charge in [-0.05, 0) is 82.8 Å². The number of nitrogens with zero attached hydrogens (tertiary/aromatic N) is 1. The maximum absolute atomic E-state index is 3.84. The van der Waals surface area contributed by atoms with Crippen molar-refractivity contribution < 1.29 is 0 Å². The molecule has 0 aromatic heterocycles. The number of allylic oxidation sites excluding steroid dienone is 2. The van der Waals surface area contributed by atoms with Crippen molar-refractivity contribution in [3.05, 3.63) is 157 Å². The Morgan fingerprint density at radius 2 is 1.03 bits per heavy atom. The van der Waals surface area contributed by atoms with Crippen LogP contribution in [0.4, 0.5) is 17.1 Å². The third kappa shape index (κ3) is 4.92. The van der Waals surface area contributed by atoms with Crippen molar-refractivity contribution in [2.24, 2.45) is 0 Å². The SMILES string of the molecule is C=C/C=C\c1cc(-c2ccc(N(c3ccccc3)c3ccccc3)cc2)c(-c2ccccc2)cc1C. The molecule has 0 atom stereocenters. The molecule has 0 radical (unpaired) electrons. The summed E-state index contributed by atoms with van der Waals surface area (Å²) in [4.78, 5) is 2.29. The molecule has 5 rings (SSSR count). The quantitative estimate of drug-likeness (QED) is 0.217. The summed E-state index contributed by atoms with van der Waals surface area (Å²) in [6.45, 7) is 6.00. The Kier molecular flexibility index (Phi) is 6.91. The molecule has 0 saturated heterocycles. The highest BCUT2D eigenvalue weighted by Crippen LogP contribution is 2.38. The number of hydrogen-bond acceptors (Lipinski definition) is 1. The fourth-order valence-corrected chi connectivity index (χ4v) is 4.56. The highest BCUT2D eigenvalue weighted by atomic mass is 15.1. The van der Waals surface area contributed by atoms with E-state index in [-0.39, 0.29) is 0 Å². The average molecular weight is 464 g/mol. The van der Waals surface area contributed by atoms with Gasteiger partial charge < -0.3 is 4.90 Å². The minimum Gasteiger partial charge on any atom is -0.311 e. The Balaban J connectivity index is 1.62. The molecule has 174 valence electrons. The summed E-state index contributed by atoms with van der Waals surface area (Å²) >= 11 is 0. The predicted molar refractivity (Wildman–Crippen MR) is 156 cm³/mol. The number of rotatable bonds is 7. The van der Waals surface area contributed by atoms with Gasteiger partial charge in [0.2, 0.25) is 0 Å². The van der Waals surface area contributed by atoms with E-state index in [2.05, 4.69) is 152 Å². The van der Waals surface area contributed by atoms with Gasteiger partial charge in [-0.15, -0.1) is 0 Å². The van der Waals surface area contributed by atoms with Gasteiger partial charge in [-0.25, -0.2) is 0 Å². The third-order valence-electron chi connectivity index (χ3n) is 6.37. The van der Waals surface area contributed by atoms with E-state index >= 15 is 0 Å². The third-order valence-corrected chi connectivity index (χ3v) is 6.37. The molecular formula is C35H29N. The van der Waals surface area contributed by atoms with Gasteiger partial charge in [0.1, 0.15) is 0 Å². The molecule has 0 heterocycles. The molecule has 0 N–H and O–H groups in total. The van der Waals surface area contributed by atoms with Crippen molar-refractivity contribution in [2.45, 2.75) is 6.92 Å². The van der Waals surface area contributed by atoms with Gasteiger partial charge >= 0.3 is 0 Å². The van der Waals surface area contributed by atoms with Crippen LogP contribution in [0.15, 0.2) is 146 Å². The number of hydrogen-bond donors (Lipinski definition) is 0. The van der Waals surface area contributed by atoms with Crippen LogP contribution in [0, 0.1) is 6.92 Å². The monoisotopic (exact) mass is 463 g/mol. The number of aryl methyl sites for hydroxylation is 1. The van der Waals surface area contributed by atoms with Crippen molar-refractivity contribution in [3.8, 4) is 22.3 Å². The van der Waals surface area contributed by atoms with Crippen LogP contribution in [-0.2, 0) is 0 Å². The minimum atomic E-state index is 1.12. The Morgan fingerprint density at radius 1 is 0.556 bits per heavy atom. The van der Waals surface area contributed by atoms with Gasteiger partial charge in [-0.1, -0.05) is 110 Å². The first-order valence-electron chi connectivity index (χ1n) is 12.2. The Hall–Kier alpha value is -4.62. The smallest absolute Gasteiger partial charge is 0.0462 e. The van der Waals surface area contributed by atoms with Crippen LogP contribution in [0.5, 0.6) is 0 Å². The van der Waals surface area contributed by atoms with E-state index in [1.165, 1.54) is 33.4 Å². The van der Waals surface area contributed by atoms with E-state index in [9.17, 15) is 0 Å². The first-order chi connectivity index (χ1) is 17.7. The molecular weight excluding hydrogens is 434 g/mol. The lowest BCUT2D eigenvalue weighted by Gasteiger charge is -2.25. The van der Waals surface area contributed by atoms with Gasteiger partial charge in [0, 0.05) is 17.1 Å². The van der Waals surface area contributed by atoms with E-state index in [0.717, 1.165) is 17.1 Å². The molecule has 0 aliphatic rings. The van der Waals surface area contributed by atoms with Crippen molar-refractivity contribution in [3.63, 3.8) is 0 Å². The highest BCUT2D eigenvalue weighted by Gasteiger charge is 2.14. The molecule has 36 heavy (non-hydrogen) atoms. The number of para-hydroxylation sites is 2. The Morgan fingerprint density at radius 3 is 1.58 bits per heavy atom. The van der Waals surface area contributed by atoms with Crippen LogP contribution < -0.4 is 4.90 Å². The lowest BCUT2D eigenvalue weighted by Crippen LogP contribution is -2.09. The van der Waals surface area contributed by atoms with Crippen LogP contribution in [0.2, 0.25) is 0 Å². The molecule has 0 bridgehead atoms. The summed E-state index contributed by atoms with van der Waals surface area (Å²) < 4.78 is 0. The van der Waals surface area contributed by atoms with E-state index in [0.29, 0.717) is 0 Å². The largest absolute Gasteiger partial charge is 0.311 e. The van der Waals surface area contributed by atoms with Crippen molar-refractivity contribution in [2.75, 3.05) is 4.90 Å². The number of benzene rings is 5. The zero-order valence-electron chi connectivity index (χ0n) is 20.5. The van der Waals surface area contributed by atoms with Crippen LogP contribution in [0.1, 0.15) is 11.1 Å². The van der Waals surface area contributed by atoms with Gasteiger partial charge in [0.25, 0.3) is 0 Å². The van der Waals surface area contributed by atoms with Gasteiger partial charge in [-0.2, -0.15) is 0 Å². The average Bonchev–Trinajstić information content (AvgIpc) is 2.94. The lowest BCUT2D eigenvalue weighted by molar-refractivity contribution is 1.28. The molecule has 1 nitrogen and oxygen atoms in total. The fourth-order valence-electron chi connectivity index (χ4n) is 4.56. The van der Waals surface area contributed by atoms with Crippen LogP contribution in [0.3, 0.4) is 0 Å². The Labute approximate surface area is 214 Å². The zero-order valence-corrected chi connectivity index (χ0v) is 20.5. The molecule has 1 heteroatoms. The van der Waals surface area contributed by atoms with E-state index < -0.39 is 0 Å². The molecule has 0 saturated carbocycles. The molecule has 0 spiro atoms. The summed E-state index contributed by atoms with van der Waals surface area (Å²) in [6, 6.07) is 45.1. The first-order valence-corrected chi connectivity index (χ1v) is 12.2. The second-order valence-electron chi connectivity index (χ2n) is 8.77. The van der Waals surface area contributed by atoms with Crippen molar-refractivity contribution in [1.29, 1.82) is 0 Å². The van der Waals surface area contributed by atoms with Crippen molar-refractivity contribution in [1.82, 2.24) is 0 Å². The maximum Gasteiger partial charge on any atom is 0.0462 e. The highest BCUT2D eigenvalue weighted by molar-refractivity contribution is 5.87. The topological polar surface area (TPSA) is 3.24 Å². The maximum atomic E-state index is 3.84. The van der Waals surface area contributed by atoms with Crippen molar-refractivity contribution >= 4 is 23.1 Å². The van der Waals surface area contributed by atoms with Crippen LogP contribution >= 0.6 is 0 Å². The first kappa shape index (κ1) is 23.1. The number of anilines is 3. The molecule has 0 unspecified atom stereocenters. The standard InChI is InChI=1S/C35H29N/c1-3-4-14-30-26-35(34(25-27(30)2)28-15-8-5-9-16-28)29-21-23-33(24-22-29)36(31-17-10-6-11-18-31)32-19-12-7-13-20-32/h3-26H,1H2,2H3/b14-4-. The Bertz CT molecular complexity index is 1430. The molecule has 0 aliphatic carbocycles. The summed E-state index contributed by atoms with van der Waals surface area (Å²) in [5.74, 6) is 0. The summed E-state index contributed by atoms with van der Waals surface area (Å²) in [5.41, 5.74) is 10.7. The van der Waals surface area contributed by atoms with Crippen LogP contribution in [-0.4, -0.2) is 0 Å². The van der Waals surface area contributed by atoms with E-state index in [1.54, 1.807) is 0 Å².